The third kappa shape index (κ3) is 3.08. The number of pyridine rings is 1. The van der Waals surface area contributed by atoms with Gasteiger partial charge in [0.1, 0.15) is 0 Å². The second-order valence-corrected chi connectivity index (χ2v) is 6.98. The lowest BCUT2D eigenvalue weighted by Gasteiger charge is -2.14. The largest absolute Gasteiger partial charge is 0.481 e. The molecule has 28 heavy (non-hydrogen) atoms. The Kier molecular flexibility index (Phi) is 4.50. The molecule has 4 aromatic rings. The van der Waals surface area contributed by atoms with Crippen LogP contribution in [-0.2, 0) is 4.79 Å². The minimum atomic E-state index is -0.805. The monoisotopic (exact) mass is 366 g/mol. The van der Waals surface area contributed by atoms with E-state index >= 15 is 0 Å². The van der Waals surface area contributed by atoms with Crippen molar-refractivity contribution in [2.45, 2.75) is 19.3 Å². The van der Waals surface area contributed by atoms with Gasteiger partial charge in [-0.3, -0.25) is 9.78 Å². The highest BCUT2D eigenvalue weighted by Gasteiger charge is 2.14. The number of fused-ring (bicyclic) bond motifs is 2. The molecule has 4 rings (SSSR count). The van der Waals surface area contributed by atoms with E-state index in [2.05, 4.69) is 17.1 Å². The van der Waals surface area contributed by atoms with Gasteiger partial charge in [0.05, 0.1) is 18.1 Å². The van der Waals surface area contributed by atoms with Crippen molar-refractivity contribution in [1.82, 2.24) is 4.98 Å². The van der Waals surface area contributed by atoms with Crippen LogP contribution in [0.5, 0.6) is 0 Å². The van der Waals surface area contributed by atoms with Crippen LogP contribution in [0, 0.1) is 11.3 Å². The van der Waals surface area contributed by atoms with E-state index in [1.165, 1.54) is 0 Å². The number of carboxylic acid groups (broad SMARTS) is 1. The first-order valence-corrected chi connectivity index (χ1v) is 9.10. The van der Waals surface area contributed by atoms with Crippen molar-refractivity contribution in [3.8, 4) is 17.2 Å². The third-order valence-electron chi connectivity index (χ3n) is 5.17. The van der Waals surface area contributed by atoms with Gasteiger partial charge in [-0.2, -0.15) is 5.26 Å². The summed E-state index contributed by atoms with van der Waals surface area (Å²) in [5.74, 6) is -0.888. The molecule has 0 spiro atoms. The smallest absolute Gasteiger partial charge is 0.303 e. The summed E-state index contributed by atoms with van der Waals surface area (Å²) in [7, 11) is 0. The lowest BCUT2D eigenvalue weighted by Crippen LogP contribution is -2.02. The molecule has 1 heterocycles. The summed E-state index contributed by atoms with van der Waals surface area (Å²) in [4.78, 5) is 15.5. The first-order valence-electron chi connectivity index (χ1n) is 9.10. The van der Waals surface area contributed by atoms with Crippen molar-refractivity contribution in [2.24, 2.45) is 0 Å². The summed E-state index contributed by atoms with van der Waals surface area (Å²) < 4.78 is 0. The number of carbonyl (C=O) groups is 1. The fourth-order valence-electron chi connectivity index (χ4n) is 3.71. The number of aliphatic carboxylic acids is 1. The molecule has 0 aliphatic carbocycles. The van der Waals surface area contributed by atoms with E-state index in [-0.39, 0.29) is 12.3 Å². The van der Waals surface area contributed by atoms with Gasteiger partial charge in [-0.15, -0.1) is 0 Å². The zero-order chi connectivity index (χ0) is 19.7. The maximum absolute atomic E-state index is 11.1. The molecule has 0 saturated heterocycles. The Morgan fingerprint density at radius 1 is 1.04 bits per heavy atom. The molecule has 0 saturated carbocycles. The van der Waals surface area contributed by atoms with Crippen LogP contribution in [0.15, 0.2) is 67.0 Å². The molecular formula is C24H18N2O2. The molecule has 1 atom stereocenters. The number of rotatable bonds is 4. The van der Waals surface area contributed by atoms with E-state index in [1.54, 1.807) is 0 Å². The van der Waals surface area contributed by atoms with Gasteiger partial charge in [0.15, 0.2) is 0 Å². The number of benzene rings is 3. The molecular weight excluding hydrogens is 348 g/mol. The molecule has 136 valence electrons. The molecule has 4 nitrogen and oxygen atoms in total. The first kappa shape index (κ1) is 17.7. The van der Waals surface area contributed by atoms with Crippen molar-refractivity contribution < 1.29 is 9.90 Å². The normalized spacial score (nSPS) is 12.0. The first-order chi connectivity index (χ1) is 13.6. The standard InChI is InChI=1S/C24H18N2O2/c1-15(10-24(27)28)16-6-7-18-13-26-14-23(22(18)11-16)21-9-8-17(12-25)19-4-2-3-5-20(19)21/h2-9,11,13-15H,10H2,1H3,(H,27,28). The Morgan fingerprint density at radius 3 is 2.57 bits per heavy atom. The Hall–Kier alpha value is -3.71. The Bertz CT molecular complexity index is 1250. The van der Waals surface area contributed by atoms with Crippen molar-refractivity contribution in [2.75, 3.05) is 0 Å². The zero-order valence-electron chi connectivity index (χ0n) is 15.4. The fourth-order valence-corrected chi connectivity index (χ4v) is 3.71. The molecule has 1 aromatic heterocycles. The van der Waals surface area contributed by atoms with Gasteiger partial charge in [-0.25, -0.2) is 0 Å². The van der Waals surface area contributed by atoms with E-state index in [9.17, 15) is 10.1 Å². The van der Waals surface area contributed by atoms with E-state index < -0.39 is 5.97 Å². The van der Waals surface area contributed by atoms with Crippen LogP contribution in [0.3, 0.4) is 0 Å². The van der Waals surface area contributed by atoms with E-state index in [0.29, 0.717) is 5.56 Å². The third-order valence-corrected chi connectivity index (χ3v) is 5.17. The van der Waals surface area contributed by atoms with Crippen LogP contribution >= 0.6 is 0 Å². The van der Waals surface area contributed by atoms with Gasteiger partial charge in [0.2, 0.25) is 0 Å². The predicted octanol–water partition coefficient (Wildman–Crippen LogP) is 5.50. The molecule has 0 radical (unpaired) electrons. The topological polar surface area (TPSA) is 74.0 Å². The second-order valence-electron chi connectivity index (χ2n) is 6.98. The highest BCUT2D eigenvalue weighted by atomic mass is 16.4. The number of aromatic nitrogens is 1. The van der Waals surface area contributed by atoms with Gasteiger partial charge in [0, 0.05) is 28.7 Å². The van der Waals surface area contributed by atoms with Crippen LogP contribution < -0.4 is 0 Å². The zero-order valence-corrected chi connectivity index (χ0v) is 15.4. The highest BCUT2D eigenvalue weighted by Crippen LogP contribution is 2.35. The Labute approximate surface area is 162 Å². The molecule has 0 amide bonds. The van der Waals surface area contributed by atoms with Crippen LogP contribution in [0.25, 0.3) is 32.7 Å². The predicted molar refractivity (Wildman–Crippen MR) is 110 cm³/mol. The van der Waals surface area contributed by atoms with E-state index in [0.717, 1.165) is 38.2 Å². The number of nitrogens with zero attached hydrogens (tertiary/aromatic N) is 2. The van der Waals surface area contributed by atoms with Crippen LogP contribution in [0.2, 0.25) is 0 Å². The number of carboxylic acids is 1. The lowest BCUT2D eigenvalue weighted by molar-refractivity contribution is -0.137. The van der Waals surface area contributed by atoms with Gasteiger partial charge in [-0.1, -0.05) is 55.5 Å². The number of nitriles is 1. The lowest BCUT2D eigenvalue weighted by atomic mass is 9.90. The van der Waals surface area contributed by atoms with Gasteiger partial charge in [-0.05, 0) is 33.9 Å². The van der Waals surface area contributed by atoms with Gasteiger partial charge in [0.25, 0.3) is 0 Å². The van der Waals surface area contributed by atoms with Crippen LogP contribution in [0.4, 0.5) is 0 Å². The second kappa shape index (κ2) is 7.13. The SMILES string of the molecule is CC(CC(=O)O)c1ccc2cncc(-c3ccc(C#N)c4ccccc34)c2c1. The highest BCUT2D eigenvalue weighted by molar-refractivity contribution is 6.06. The molecule has 0 bridgehead atoms. The minimum absolute atomic E-state index is 0.0828. The average Bonchev–Trinajstić information content (AvgIpc) is 2.71. The molecule has 0 aliphatic heterocycles. The van der Waals surface area contributed by atoms with Crippen molar-refractivity contribution in [1.29, 1.82) is 5.26 Å². The fraction of sp³-hybridized carbons (Fsp3) is 0.125. The van der Waals surface area contributed by atoms with Crippen LogP contribution in [0.1, 0.15) is 30.4 Å². The van der Waals surface area contributed by atoms with Crippen molar-refractivity contribution >= 4 is 27.5 Å². The number of hydrogen-bond acceptors (Lipinski definition) is 3. The summed E-state index contributed by atoms with van der Waals surface area (Å²) >= 11 is 0. The molecule has 4 heteroatoms. The quantitative estimate of drug-likeness (QED) is 0.517. The number of hydrogen-bond donors (Lipinski definition) is 1. The summed E-state index contributed by atoms with van der Waals surface area (Å²) in [5.41, 5.74) is 3.61. The Balaban J connectivity index is 1.96. The molecule has 0 aliphatic rings. The summed E-state index contributed by atoms with van der Waals surface area (Å²) in [6.07, 6.45) is 3.74. The minimum Gasteiger partial charge on any atom is -0.481 e. The Morgan fingerprint density at radius 2 is 1.82 bits per heavy atom. The van der Waals surface area contributed by atoms with E-state index in [4.69, 9.17) is 5.11 Å². The molecule has 3 aromatic carbocycles. The average molecular weight is 366 g/mol. The van der Waals surface area contributed by atoms with Crippen molar-refractivity contribution in [3.63, 3.8) is 0 Å². The molecule has 0 fully saturated rings. The summed E-state index contributed by atoms with van der Waals surface area (Å²) in [5, 5.41) is 22.5. The summed E-state index contributed by atoms with van der Waals surface area (Å²) in [6, 6.07) is 19.9. The summed E-state index contributed by atoms with van der Waals surface area (Å²) in [6.45, 7) is 1.92. The van der Waals surface area contributed by atoms with Crippen molar-refractivity contribution in [3.05, 3.63) is 78.1 Å². The van der Waals surface area contributed by atoms with Crippen LogP contribution in [-0.4, -0.2) is 16.1 Å². The maximum Gasteiger partial charge on any atom is 0.303 e. The van der Waals surface area contributed by atoms with Gasteiger partial charge < -0.3 is 5.11 Å². The maximum atomic E-state index is 11.1. The van der Waals surface area contributed by atoms with Gasteiger partial charge >= 0.3 is 5.97 Å². The molecule has 1 N–H and O–H groups in total. The molecule has 1 unspecified atom stereocenters. The van der Waals surface area contributed by atoms with E-state index in [1.807, 2.05) is 67.8 Å².